The molecule has 8 N–H and O–H groups in total. The SMILES string of the molecule is CCOC(=O)Nc1ccc(NCc2ccc(F)cc2)nc1N.O=P(O)(O)OCC(O)CO. The molecule has 178 valence electrons. The molecule has 1 aromatic carbocycles. The van der Waals surface area contributed by atoms with E-state index in [0.29, 0.717) is 18.1 Å². The van der Waals surface area contributed by atoms with Gasteiger partial charge in [0.05, 0.1) is 25.5 Å². The number of nitrogens with one attached hydrogen (secondary N) is 2. The summed E-state index contributed by atoms with van der Waals surface area (Å²) < 4.78 is 31.3. The van der Waals surface area contributed by atoms with Crippen LogP contribution in [0.15, 0.2) is 36.4 Å². The smallest absolute Gasteiger partial charge is 0.450 e. The van der Waals surface area contributed by atoms with Crippen LogP contribution in [0.5, 0.6) is 0 Å². The van der Waals surface area contributed by atoms with Crippen molar-refractivity contribution in [1.82, 2.24) is 4.98 Å². The highest BCUT2D eigenvalue weighted by molar-refractivity contribution is 7.46. The number of nitrogens with zero attached hydrogens (tertiary/aromatic N) is 1. The van der Waals surface area contributed by atoms with E-state index >= 15 is 0 Å². The van der Waals surface area contributed by atoms with Crippen molar-refractivity contribution in [2.24, 2.45) is 0 Å². The fraction of sp³-hybridized carbons (Fsp3) is 0.333. The maximum absolute atomic E-state index is 12.8. The van der Waals surface area contributed by atoms with Crippen LogP contribution in [0.25, 0.3) is 0 Å². The van der Waals surface area contributed by atoms with Crippen LogP contribution in [0, 0.1) is 5.82 Å². The molecule has 14 heteroatoms. The van der Waals surface area contributed by atoms with E-state index in [2.05, 4.69) is 20.1 Å². The number of benzene rings is 1. The van der Waals surface area contributed by atoms with Crippen LogP contribution < -0.4 is 16.4 Å². The van der Waals surface area contributed by atoms with Crippen molar-refractivity contribution in [2.75, 3.05) is 36.2 Å². The van der Waals surface area contributed by atoms with Gasteiger partial charge < -0.3 is 35.8 Å². The number of halogens is 1. The van der Waals surface area contributed by atoms with E-state index in [1.54, 1.807) is 31.2 Å². The number of aliphatic hydroxyl groups excluding tert-OH is 2. The molecule has 1 unspecified atom stereocenters. The largest absolute Gasteiger partial charge is 0.469 e. The minimum Gasteiger partial charge on any atom is -0.450 e. The molecule has 0 aliphatic rings. The number of hydrogen-bond acceptors (Lipinski definition) is 9. The van der Waals surface area contributed by atoms with E-state index in [4.69, 9.17) is 30.5 Å². The number of aliphatic hydroxyl groups is 2. The number of nitrogen functional groups attached to an aromatic ring is 1. The molecule has 0 aliphatic heterocycles. The molecule has 2 rings (SSSR count). The number of phosphoric acid groups is 1. The number of anilines is 3. The van der Waals surface area contributed by atoms with Gasteiger partial charge in [-0.2, -0.15) is 0 Å². The zero-order chi connectivity index (χ0) is 24.1. The highest BCUT2D eigenvalue weighted by Crippen LogP contribution is 2.35. The van der Waals surface area contributed by atoms with E-state index in [1.807, 2.05) is 0 Å². The molecule has 2 aromatic rings. The Hall–Kier alpha value is -2.80. The van der Waals surface area contributed by atoms with Crippen LogP contribution in [-0.4, -0.2) is 57.0 Å². The summed E-state index contributed by atoms with van der Waals surface area (Å²) in [5.74, 6) is 0.453. The van der Waals surface area contributed by atoms with E-state index in [-0.39, 0.29) is 18.2 Å². The van der Waals surface area contributed by atoms with Crippen LogP contribution in [0.2, 0.25) is 0 Å². The standard InChI is InChI=1S/C15H17FN4O2.C3H9O6P/c1-2-22-15(21)19-12-7-8-13(20-14(12)17)18-9-10-3-5-11(16)6-4-10;4-1-3(5)2-9-10(6,7)8/h3-8H,2,9H2,1H3,(H,19,21)(H3,17,18,20);3-5H,1-2H2,(H2,6,7,8). The number of amides is 1. The maximum atomic E-state index is 12.8. The molecule has 1 atom stereocenters. The summed E-state index contributed by atoms with van der Waals surface area (Å²) in [4.78, 5) is 31.6. The highest BCUT2D eigenvalue weighted by atomic mass is 31.2. The molecular weight excluding hydrogens is 450 g/mol. The van der Waals surface area contributed by atoms with Gasteiger partial charge in [0.25, 0.3) is 0 Å². The molecule has 0 spiro atoms. The Morgan fingerprint density at radius 1 is 1.25 bits per heavy atom. The Balaban J connectivity index is 0.000000433. The molecule has 0 fully saturated rings. The van der Waals surface area contributed by atoms with Gasteiger partial charge in [-0.1, -0.05) is 12.1 Å². The second-order valence-corrected chi connectivity index (χ2v) is 7.32. The number of carbonyl (C=O) groups is 1. The first kappa shape index (κ1) is 27.2. The lowest BCUT2D eigenvalue weighted by atomic mass is 10.2. The minimum absolute atomic E-state index is 0.178. The summed E-state index contributed by atoms with van der Waals surface area (Å²) >= 11 is 0. The average molecular weight is 476 g/mol. The highest BCUT2D eigenvalue weighted by Gasteiger charge is 2.15. The number of hydrogen-bond donors (Lipinski definition) is 7. The Kier molecular flexibility index (Phi) is 11.6. The lowest BCUT2D eigenvalue weighted by molar-refractivity contribution is 0.0419. The van der Waals surface area contributed by atoms with Gasteiger partial charge in [-0.05, 0) is 36.8 Å². The lowest BCUT2D eigenvalue weighted by Gasteiger charge is -2.10. The second kappa shape index (κ2) is 13.6. The molecule has 0 saturated heterocycles. The quantitative estimate of drug-likeness (QED) is 0.259. The molecule has 12 nitrogen and oxygen atoms in total. The minimum atomic E-state index is -4.50. The average Bonchev–Trinajstić information content (AvgIpc) is 2.73. The molecule has 1 amide bonds. The number of aromatic nitrogens is 1. The van der Waals surface area contributed by atoms with Gasteiger partial charge >= 0.3 is 13.9 Å². The van der Waals surface area contributed by atoms with Gasteiger partial charge in [-0.15, -0.1) is 0 Å². The van der Waals surface area contributed by atoms with E-state index < -0.39 is 33.2 Å². The first-order chi connectivity index (χ1) is 15.0. The van der Waals surface area contributed by atoms with Gasteiger partial charge in [0.15, 0.2) is 0 Å². The molecule has 0 radical (unpaired) electrons. The van der Waals surface area contributed by atoms with Gasteiger partial charge in [0.2, 0.25) is 0 Å². The molecule has 32 heavy (non-hydrogen) atoms. The third kappa shape index (κ3) is 11.6. The van der Waals surface area contributed by atoms with Crippen molar-refractivity contribution in [3.05, 3.63) is 47.8 Å². The zero-order valence-corrected chi connectivity index (χ0v) is 18.0. The van der Waals surface area contributed by atoms with Crippen molar-refractivity contribution in [1.29, 1.82) is 0 Å². The second-order valence-electron chi connectivity index (χ2n) is 6.08. The lowest BCUT2D eigenvalue weighted by Crippen LogP contribution is -2.18. The van der Waals surface area contributed by atoms with Crippen LogP contribution in [-0.2, 0) is 20.4 Å². The fourth-order valence-electron chi connectivity index (χ4n) is 1.99. The monoisotopic (exact) mass is 476 g/mol. The normalized spacial score (nSPS) is 11.7. The van der Waals surface area contributed by atoms with Crippen LogP contribution >= 0.6 is 7.82 Å². The zero-order valence-electron chi connectivity index (χ0n) is 17.1. The van der Waals surface area contributed by atoms with Crippen molar-refractivity contribution >= 4 is 31.2 Å². The Labute approximate surface area is 183 Å². The third-order valence-electron chi connectivity index (χ3n) is 3.47. The summed E-state index contributed by atoms with van der Waals surface area (Å²) in [5, 5.41) is 22.2. The molecular formula is C18H26FN4O8P. The molecule has 0 saturated carbocycles. The molecule has 0 bridgehead atoms. The van der Waals surface area contributed by atoms with Crippen LogP contribution in [0.4, 0.5) is 26.5 Å². The summed E-state index contributed by atoms with van der Waals surface area (Å²) in [5.41, 5.74) is 7.08. The number of ether oxygens (including phenoxy) is 1. The summed E-state index contributed by atoms with van der Waals surface area (Å²) in [6, 6.07) is 9.47. The first-order valence-corrected chi connectivity index (χ1v) is 10.7. The van der Waals surface area contributed by atoms with Crippen molar-refractivity contribution in [3.8, 4) is 0 Å². The van der Waals surface area contributed by atoms with E-state index in [1.165, 1.54) is 12.1 Å². The maximum Gasteiger partial charge on any atom is 0.469 e. The van der Waals surface area contributed by atoms with Gasteiger partial charge in [-0.25, -0.2) is 18.7 Å². The van der Waals surface area contributed by atoms with Crippen molar-refractivity contribution < 1.29 is 43.0 Å². The number of rotatable bonds is 9. The first-order valence-electron chi connectivity index (χ1n) is 9.21. The fourth-order valence-corrected chi connectivity index (χ4v) is 2.35. The van der Waals surface area contributed by atoms with Crippen molar-refractivity contribution in [3.63, 3.8) is 0 Å². The molecule has 1 aromatic heterocycles. The predicted octanol–water partition coefficient (Wildman–Crippen LogP) is 1.43. The summed E-state index contributed by atoms with van der Waals surface area (Å²) in [7, 11) is -4.50. The van der Waals surface area contributed by atoms with Gasteiger partial charge in [0.1, 0.15) is 23.6 Å². The number of pyridine rings is 1. The Bertz CT molecular complexity index is 897. The van der Waals surface area contributed by atoms with E-state index in [9.17, 15) is 13.8 Å². The Morgan fingerprint density at radius 2 is 1.91 bits per heavy atom. The molecule has 0 aliphatic carbocycles. The Morgan fingerprint density at radius 3 is 2.44 bits per heavy atom. The number of phosphoric ester groups is 1. The number of nitrogens with two attached hydrogens (primary N) is 1. The van der Waals surface area contributed by atoms with E-state index in [0.717, 1.165) is 5.56 Å². The van der Waals surface area contributed by atoms with Gasteiger partial charge in [0, 0.05) is 6.54 Å². The topological polar surface area (TPSA) is 196 Å². The van der Waals surface area contributed by atoms with Crippen LogP contribution in [0.3, 0.4) is 0 Å². The predicted molar refractivity (Wildman–Crippen MR) is 114 cm³/mol. The third-order valence-corrected chi connectivity index (χ3v) is 3.96. The van der Waals surface area contributed by atoms with Gasteiger partial charge in [-0.3, -0.25) is 9.84 Å². The molecule has 1 heterocycles. The summed E-state index contributed by atoms with van der Waals surface area (Å²) in [6.07, 6.45) is -1.82. The van der Waals surface area contributed by atoms with Crippen LogP contribution in [0.1, 0.15) is 12.5 Å². The number of carbonyl (C=O) groups excluding carboxylic acids is 1. The summed E-state index contributed by atoms with van der Waals surface area (Å²) in [6.45, 7) is 1.32. The van der Waals surface area contributed by atoms with Crippen molar-refractivity contribution in [2.45, 2.75) is 19.6 Å².